The van der Waals surface area contributed by atoms with Crippen LogP contribution in [0, 0.1) is 0 Å². The number of piperazine rings is 1. The SMILES string of the molecule is O=C(Cc1cccc(Cl)c1)N1CC(=O)N(Cc2ccccc2)C2(CCCCC2)C1. The second kappa shape index (κ2) is 8.58. The summed E-state index contributed by atoms with van der Waals surface area (Å²) in [5.41, 5.74) is 1.79. The average molecular weight is 411 g/mol. The molecular weight excluding hydrogens is 384 g/mol. The van der Waals surface area contributed by atoms with Gasteiger partial charge < -0.3 is 9.80 Å². The van der Waals surface area contributed by atoms with Crippen molar-refractivity contribution in [3.05, 3.63) is 70.7 Å². The molecule has 0 radical (unpaired) electrons. The molecule has 152 valence electrons. The summed E-state index contributed by atoms with van der Waals surface area (Å²) in [7, 11) is 0. The molecule has 2 aromatic carbocycles. The molecule has 0 bridgehead atoms. The zero-order valence-corrected chi connectivity index (χ0v) is 17.4. The number of hydrogen-bond donors (Lipinski definition) is 0. The highest BCUT2D eigenvalue weighted by Gasteiger charge is 2.46. The van der Waals surface area contributed by atoms with Crippen molar-refractivity contribution in [2.24, 2.45) is 0 Å². The van der Waals surface area contributed by atoms with Gasteiger partial charge in [-0.1, -0.05) is 73.3 Å². The molecule has 4 rings (SSSR count). The number of amides is 2. The van der Waals surface area contributed by atoms with Gasteiger partial charge in [-0.05, 0) is 36.1 Å². The number of hydrogen-bond acceptors (Lipinski definition) is 2. The van der Waals surface area contributed by atoms with E-state index in [0.29, 0.717) is 18.1 Å². The van der Waals surface area contributed by atoms with Crippen molar-refractivity contribution < 1.29 is 9.59 Å². The first-order chi connectivity index (χ1) is 14.1. The van der Waals surface area contributed by atoms with Crippen LogP contribution in [-0.2, 0) is 22.6 Å². The number of halogens is 1. The van der Waals surface area contributed by atoms with E-state index in [2.05, 4.69) is 17.0 Å². The maximum atomic E-state index is 13.2. The Morgan fingerprint density at radius 2 is 1.69 bits per heavy atom. The van der Waals surface area contributed by atoms with Gasteiger partial charge in [-0.15, -0.1) is 0 Å². The molecule has 0 unspecified atom stereocenters. The van der Waals surface area contributed by atoms with Gasteiger partial charge in [0.05, 0.1) is 18.5 Å². The Morgan fingerprint density at radius 1 is 0.966 bits per heavy atom. The topological polar surface area (TPSA) is 40.6 Å². The van der Waals surface area contributed by atoms with Gasteiger partial charge in [0, 0.05) is 18.1 Å². The van der Waals surface area contributed by atoms with Crippen LogP contribution in [0.15, 0.2) is 54.6 Å². The van der Waals surface area contributed by atoms with E-state index in [0.717, 1.165) is 36.8 Å². The summed E-state index contributed by atoms with van der Waals surface area (Å²) in [4.78, 5) is 30.1. The van der Waals surface area contributed by atoms with E-state index in [1.807, 2.05) is 36.4 Å². The first kappa shape index (κ1) is 20.0. The zero-order chi connectivity index (χ0) is 20.3. The van der Waals surface area contributed by atoms with E-state index < -0.39 is 0 Å². The van der Waals surface area contributed by atoms with Crippen LogP contribution < -0.4 is 0 Å². The number of carbonyl (C=O) groups is 2. The number of nitrogens with zero attached hydrogens (tertiary/aromatic N) is 2. The Balaban J connectivity index is 1.54. The number of benzene rings is 2. The highest BCUT2D eigenvalue weighted by atomic mass is 35.5. The van der Waals surface area contributed by atoms with Crippen molar-refractivity contribution in [1.29, 1.82) is 0 Å². The number of carbonyl (C=O) groups excluding carboxylic acids is 2. The molecule has 2 fully saturated rings. The van der Waals surface area contributed by atoms with E-state index in [9.17, 15) is 9.59 Å². The molecule has 2 aromatic rings. The fourth-order valence-corrected chi connectivity index (χ4v) is 4.99. The third kappa shape index (κ3) is 4.48. The molecule has 0 aromatic heterocycles. The van der Waals surface area contributed by atoms with Crippen molar-refractivity contribution in [3.8, 4) is 0 Å². The standard InChI is InChI=1S/C24H27ClN2O2/c25-21-11-7-10-20(14-21)15-22(28)26-17-23(29)27(16-19-8-3-1-4-9-19)24(18-26)12-5-2-6-13-24/h1,3-4,7-11,14H,2,5-6,12-13,15-18H2. The molecular formula is C24H27ClN2O2. The summed E-state index contributed by atoms with van der Waals surface area (Å²) in [6.07, 6.45) is 5.62. The van der Waals surface area contributed by atoms with Crippen LogP contribution in [0.4, 0.5) is 0 Å². The molecule has 0 atom stereocenters. The monoisotopic (exact) mass is 410 g/mol. The lowest BCUT2D eigenvalue weighted by atomic mass is 9.78. The van der Waals surface area contributed by atoms with Crippen LogP contribution in [-0.4, -0.2) is 40.2 Å². The van der Waals surface area contributed by atoms with Gasteiger partial charge in [0.15, 0.2) is 0 Å². The largest absolute Gasteiger partial charge is 0.331 e. The zero-order valence-electron chi connectivity index (χ0n) is 16.6. The molecule has 1 spiro atoms. The van der Waals surface area contributed by atoms with E-state index in [-0.39, 0.29) is 30.3 Å². The van der Waals surface area contributed by atoms with Crippen molar-refractivity contribution in [2.75, 3.05) is 13.1 Å². The Kier molecular flexibility index (Phi) is 5.91. The van der Waals surface area contributed by atoms with E-state index >= 15 is 0 Å². The molecule has 1 saturated heterocycles. The Hall–Kier alpha value is -2.33. The molecule has 1 saturated carbocycles. The quantitative estimate of drug-likeness (QED) is 0.746. The van der Waals surface area contributed by atoms with Crippen LogP contribution in [0.3, 0.4) is 0 Å². The van der Waals surface area contributed by atoms with Crippen molar-refractivity contribution in [1.82, 2.24) is 9.80 Å². The third-order valence-corrected chi connectivity index (χ3v) is 6.48. The number of rotatable bonds is 4. The predicted octanol–water partition coefficient (Wildman–Crippen LogP) is 4.46. The third-order valence-electron chi connectivity index (χ3n) is 6.25. The lowest BCUT2D eigenvalue weighted by Crippen LogP contribution is -2.66. The first-order valence-electron chi connectivity index (χ1n) is 10.4. The van der Waals surface area contributed by atoms with Crippen molar-refractivity contribution in [3.63, 3.8) is 0 Å². The maximum absolute atomic E-state index is 13.2. The lowest BCUT2D eigenvalue weighted by Gasteiger charge is -2.52. The minimum absolute atomic E-state index is 0.00456. The summed E-state index contributed by atoms with van der Waals surface area (Å²) in [5, 5.41) is 0.628. The van der Waals surface area contributed by atoms with E-state index in [1.54, 1.807) is 11.0 Å². The van der Waals surface area contributed by atoms with Crippen molar-refractivity contribution >= 4 is 23.4 Å². The Morgan fingerprint density at radius 3 is 2.41 bits per heavy atom. The highest BCUT2D eigenvalue weighted by molar-refractivity contribution is 6.30. The summed E-state index contributed by atoms with van der Waals surface area (Å²) in [6.45, 7) is 1.41. The summed E-state index contributed by atoms with van der Waals surface area (Å²) in [6, 6.07) is 17.6. The van der Waals surface area contributed by atoms with Gasteiger partial charge in [-0.3, -0.25) is 9.59 Å². The lowest BCUT2D eigenvalue weighted by molar-refractivity contribution is -0.158. The predicted molar refractivity (Wildman–Crippen MR) is 115 cm³/mol. The van der Waals surface area contributed by atoms with Crippen LogP contribution in [0.25, 0.3) is 0 Å². The van der Waals surface area contributed by atoms with Gasteiger partial charge in [0.2, 0.25) is 11.8 Å². The molecule has 4 nitrogen and oxygen atoms in total. The molecule has 1 heterocycles. The van der Waals surface area contributed by atoms with Gasteiger partial charge in [-0.2, -0.15) is 0 Å². The van der Waals surface area contributed by atoms with E-state index in [1.165, 1.54) is 6.42 Å². The van der Waals surface area contributed by atoms with Gasteiger partial charge in [0.1, 0.15) is 0 Å². The fraction of sp³-hybridized carbons (Fsp3) is 0.417. The molecule has 1 aliphatic carbocycles. The normalized spacial score (nSPS) is 18.9. The molecule has 29 heavy (non-hydrogen) atoms. The summed E-state index contributed by atoms with van der Waals surface area (Å²) in [5.74, 6) is 0.0615. The molecule has 0 N–H and O–H groups in total. The van der Waals surface area contributed by atoms with Gasteiger partial charge in [0.25, 0.3) is 0 Å². The first-order valence-corrected chi connectivity index (χ1v) is 10.8. The summed E-state index contributed by atoms with van der Waals surface area (Å²) < 4.78 is 0. The minimum Gasteiger partial charge on any atom is -0.331 e. The maximum Gasteiger partial charge on any atom is 0.243 e. The van der Waals surface area contributed by atoms with E-state index in [4.69, 9.17) is 11.6 Å². The van der Waals surface area contributed by atoms with Crippen LogP contribution in [0.2, 0.25) is 5.02 Å². The highest BCUT2D eigenvalue weighted by Crippen LogP contribution is 2.38. The van der Waals surface area contributed by atoms with Crippen molar-refractivity contribution in [2.45, 2.75) is 50.6 Å². The molecule has 1 aliphatic heterocycles. The van der Waals surface area contributed by atoms with Crippen LogP contribution in [0.1, 0.15) is 43.2 Å². The second-order valence-corrected chi connectivity index (χ2v) is 8.74. The van der Waals surface area contributed by atoms with Gasteiger partial charge >= 0.3 is 0 Å². The smallest absolute Gasteiger partial charge is 0.243 e. The van der Waals surface area contributed by atoms with Gasteiger partial charge in [-0.25, -0.2) is 0 Å². The molecule has 5 heteroatoms. The average Bonchev–Trinajstić information content (AvgIpc) is 2.72. The summed E-state index contributed by atoms with van der Waals surface area (Å²) >= 11 is 6.06. The second-order valence-electron chi connectivity index (χ2n) is 8.31. The molecule has 2 aliphatic rings. The molecule has 2 amide bonds. The fourth-order valence-electron chi connectivity index (χ4n) is 4.78. The van der Waals surface area contributed by atoms with Crippen LogP contribution >= 0.6 is 11.6 Å². The Labute approximate surface area is 177 Å². The minimum atomic E-state index is -0.243. The van der Waals surface area contributed by atoms with Crippen LogP contribution in [0.5, 0.6) is 0 Å². The Bertz CT molecular complexity index is 877.